The zero-order chi connectivity index (χ0) is 25.2. The first-order chi connectivity index (χ1) is 16.9. The lowest BCUT2D eigenvalue weighted by Crippen LogP contribution is -2.53. The molecule has 0 aromatic heterocycles. The summed E-state index contributed by atoms with van der Waals surface area (Å²) in [5.74, 6) is -0.0321. The van der Waals surface area contributed by atoms with Crippen LogP contribution in [0.4, 0.5) is 0 Å². The molecule has 2 atom stereocenters. The standard InChI is InChI=1S/C29H33ClN2O3/c1-4-22(3)31-29(34)26(18-23-12-6-5-7-13-23)32(19-24-14-10-11-21(2)17-24)28(33)20-35-27-16-9-8-15-25(27)30/h5-17,22,26H,4,18-20H2,1-3H3,(H,31,34). The molecule has 0 saturated heterocycles. The number of amides is 2. The van der Waals surface area contributed by atoms with Crippen molar-refractivity contribution in [2.24, 2.45) is 0 Å². The molecule has 0 aliphatic heterocycles. The Balaban J connectivity index is 1.92. The molecule has 3 rings (SSSR count). The van der Waals surface area contributed by atoms with Gasteiger partial charge in [-0.05, 0) is 43.5 Å². The number of rotatable bonds is 11. The van der Waals surface area contributed by atoms with Gasteiger partial charge in [0.25, 0.3) is 5.91 Å². The first-order valence-corrected chi connectivity index (χ1v) is 12.3. The molecular weight excluding hydrogens is 460 g/mol. The second kappa shape index (κ2) is 13.0. The summed E-state index contributed by atoms with van der Waals surface area (Å²) in [6.07, 6.45) is 1.19. The van der Waals surface area contributed by atoms with Gasteiger partial charge in [-0.25, -0.2) is 0 Å². The number of para-hydroxylation sites is 1. The maximum atomic E-state index is 13.6. The van der Waals surface area contributed by atoms with Gasteiger partial charge in [0, 0.05) is 19.0 Å². The van der Waals surface area contributed by atoms with Crippen molar-refractivity contribution in [2.75, 3.05) is 6.61 Å². The smallest absolute Gasteiger partial charge is 0.261 e. The number of carbonyl (C=O) groups excluding carboxylic acids is 2. The third kappa shape index (κ3) is 7.86. The van der Waals surface area contributed by atoms with Crippen molar-refractivity contribution in [1.29, 1.82) is 0 Å². The van der Waals surface area contributed by atoms with Crippen LogP contribution in [0, 0.1) is 6.92 Å². The van der Waals surface area contributed by atoms with Gasteiger partial charge in [0.15, 0.2) is 6.61 Å². The lowest BCUT2D eigenvalue weighted by molar-refractivity contribution is -0.143. The second-order valence-corrected chi connectivity index (χ2v) is 9.16. The third-order valence-electron chi connectivity index (χ3n) is 5.90. The summed E-state index contributed by atoms with van der Waals surface area (Å²) < 4.78 is 5.77. The van der Waals surface area contributed by atoms with E-state index in [0.717, 1.165) is 23.1 Å². The number of halogens is 1. The highest BCUT2D eigenvalue weighted by Crippen LogP contribution is 2.23. The normalized spacial score (nSPS) is 12.5. The van der Waals surface area contributed by atoms with E-state index < -0.39 is 6.04 Å². The predicted octanol–water partition coefficient (Wildman–Crippen LogP) is 5.58. The van der Waals surface area contributed by atoms with Crippen molar-refractivity contribution in [3.63, 3.8) is 0 Å². The lowest BCUT2D eigenvalue weighted by atomic mass is 10.0. The second-order valence-electron chi connectivity index (χ2n) is 8.75. The number of hydrogen-bond donors (Lipinski definition) is 1. The van der Waals surface area contributed by atoms with Gasteiger partial charge in [-0.2, -0.15) is 0 Å². The average Bonchev–Trinajstić information content (AvgIpc) is 2.86. The highest BCUT2D eigenvalue weighted by molar-refractivity contribution is 6.32. The molecule has 0 bridgehead atoms. The van der Waals surface area contributed by atoms with E-state index in [2.05, 4.69) is 5.32 Å². The molecule has 0 heterocycles. The maximum Gasteiger partial charge on any atom is 0.261 e. The van der Waals surface area contributed by atoms with Crippen LogP contribution in [0.3, 0.4) is 0 Å². The van der Waals surface area contributed by atoms with Crippen LogP contribution in [0.15, 0.2) is 78.9 Å². The van der Waals surface area contributed by atoms with Gasteiger partial charge in [0.05, 0.1) is 5.02 Å². The van der Waals surface area contributed by atoms with Crippen molar-refractivity contribution in [1.82, 2.24) is 10.2 Å². The van der Waals surface area contributed by atoms with E-state index in [1.54, 1.807) is 29.2 Å². The Bertz CT molecular complexity index is 1120. The number of nitrogens with zero attached hydrogens (tertiary/aromatic N) is 1. The lowest BCUT2D eigenvalue weighted by Gasteiger charge is -2.32. The molecule has 2 unspecified atom stereocenters. The fraction of sp³-hybridized carbons (Fsp3) is 0.310. The van der Waals surface area contributed by atoms with Crippen LogP contribution >= 0.6 is 11.6 Å². The van der Waals surface area contributed by atoms with E-state index in [1.807, 2.05) is 75.4 Å². The summed E-state index contributed by atoms with van der Waals surface area (Å²) in [7, 11) is 0. The van der Waals surface area contributed by atoms with Crippen molar-refractivity contribution >= 4 is 23.4 Å². The van der Waals surface area contributed by atoms with Gasteiger partial charge in [-0.3, -0.25) is 9.59 Å². The van der Waals surface area contributed by atoms with Crippen molar-refractivity contribution in [2.45, 2.75) is 52.2 Å². The first-order valence-electron chi connectivity index (χ1n) is 11.9. The van der Waals surface area contributed by atoms with Crippen LogP contribution in [-0.2, 0) is 22.6 Å². The topological polar surface area (TPSA) is 58.6 Å². The minimum atomic E-state index is -0.700. The average molecular weight is 493 g/mol. The molecule has 6 heteroatoms. The van der Waals surface area contributed by atoms with Gasteiger partial charge < -0.3 is 15.0 Å². The minimum Gasteiger partial charge on any atom is -0.482 e. The summed E-state index contributed by atoms with van der Waals surface area (Å²) in [6, 6.07) is 24.0. The van der Waals surface area contributed by atoms with E-state index in [0.29, 0.717) is 17.2 Å². The van der Waals surface area contributed by atoms with Gasteiger partial charge in [0.1, 0.15) is 11.8 Å². The van der Waals surface area contributed by atoms with Gasteiger partial charge in [-0.15, -0.1) is 0 Å². The third-order valence-corrected chi connectivity index (χ3v) is 6.21. The fourth-order valence-corrected chi connectivity index (χ4v) is 3.98. The van der Waals surface area contributed by atoms with E-state index in [9.17, 15) is 9.59 Å². The Morgan fingerprint density at radius 3 is 2.34 bits per heavy atom. The summed E-state index contributed by atoms with van der Waals surface area (Å²) in [6.45, 7) is 6.05. The zero-order valence-corrected chi connectivity index (χ0v) is 21.3. The van der Waals surface area contributed by atoms with Crippen LogP contribution in [-0.4, -0.2) is 35.4 Å². The quantitative estimate of drug-likeness (QED) is 0.380. The Labute approximate surface area is 213 Å². The number of carbonyl (C=O) groups is 2. The largest absolute Gasteiger partial charge is 0.482 e. The molecule has 0 fully saturated rings. The highest BCUT2D eigenvalue weighted by atomic mass is 35.5. The summed E-state index contributed by atoms with van der Waals surface area (Å²) in [4.78, 5) is 28.7. The Morgan fingerprint density at radius 2 is 1.66 bits per heavy atom. The molecule has 2 amide bonds. The molecule has 0 spiro atoms. The van der Waals surface area contributed by atoms with Gasteiger partial charge >= 0.3 is 0 Å². The van der Waals surface area contributed by atoms with E-state index in [4.69, 9.17) is 16.3 Å². The van der Waals surface area contributed by atoms with Crippen molar-refractivity contribution < 1.29 is 14.3 Å². The van der Waals surface area contributed by atoms with Crippen LogP contribution in [0.5, 0.6) is 5.75 Å². The molecule has 0 aliphatic carbocycles. The summed E-state index contributed by atoms with van der Waals surface area (Å²) in [5, 5.41) is 3.50. The van der Waals surface area contributed by atoms with Gasteiger partial charge in [0.2, 0.25) is 5.91 Å². The first kappa shape index (κ1) is 26.3. The molecule has 3 aromatic rings. The van der Waals surface area contributed by atoms with Crippen LogP contribution in [0.1, 0.15) is 37.0 Å². The number of benzene rings is 3. The molecular formula is C29H33ClN2O3. The fourth-order valence-electron chi connectivity index (χ4n) is 3.79. The molecule has 35 heavy (non-hydrogen) atoms. The highest BCUT2D eigenvalue weighted by Gasteiger charge is 2.31. The van der Waals surface area contributed by atoms with Crippen molar-refractivity contribution in [3.05, 3.63) is 101 Å². The number of nitrogens with one attached hydrogen (secondary N) is 1. The predicted molar refractivity (Wildman–Crippen MR) is 141 cm³/mol. The molecule has 1 N–H and O–H groups in total. The number of hydrogen-bond acceptors (Lipinski definition) is 3. The molecule has 0 aliphatic rings. The number of aryl methyl sites for hydroxylation is 1. The molecule has 184 valence electrons. The van der Waals surface area contributed by atoms with Crippen LogP contribution in [0.25, 0.3) is 0 Å². The van der Waals surface area contributed by atoms with E-state index >= 15 is 0 Å². The SMILES string of the molecule is CCC(C)NC(=O)C(Cc1ccccc1)N(Cc1cccc(C)c1)C(=O)COc1ccccc1Cl. The monoisotopic (exact) mass is 492 g/mol. The molecule has 0 saturated carbocycles. The number of ether oxygens (including phenoxy) is 1. The van der Waals surface area contributed by atoms with Crippen LogP contribution < -0.4 is 10.1 Å². The Hall–Kier alpha value is -3.31. The Kier molecular flexibility index (Phi) is 9.74. The molecule has 0 radical (unpaired) electrons. The molecule has 5 nitrogen and oxygen atoms in total. The van der Waals surface area contributed by atoms with Crippen molar-refractivity contribution in [3.8, 4) is 5.75 Å². The van der Waals surface area contributed by atoms with Crippen LogP contribution in [0.2, 0.25) is 5.02 Å². The van der Waals surface area contributed by atoms with E-state index in [-0.39, 0.29) is 31.0 Å². The Morgan fingerprint density at radius 1 is 0.971 bits per heavy atom. The van der Waals surface area contributed by atoms with E-state index in [1.165, 1.54) is 0 Å². The minimum absolute atomic E-state index is 0.00364. The zero-order valence-electron chi connectivity index (χ0n) is 20.5. The molecule has 3 aromatic carbocycles. The summed E-state index contributed by atoms with van der Waals surface area (Å²) >= 11 is 6.21. The summed E-state index contributed by atoms with van der Waals surface area (Å²) in [5.41, 5.74) is 3.02. The maximum absolute atomic E-state index is 13.6. The van der Waals surface area contributed by atoms with Gasteiger partial charge in [-0.1, -0.05) is 90.8 Å².